The zero-order valence-corrected chi connectivity index (χ0v) is 24.7. The summed E-state index contributed by atoms with van der Waals surface area (Å²) in [7, 11) is -1.36. The van der Waals surface area contributed by atoms with Crippen molar-refractivity contribution in [3.63, 3.8) is 0 Å². The molecule has 2 amide bonds. The van der Waals surface area contributed by atoms with E-state index in [1.165, 1.54) is 67.7 Å². The number of carbonyl (C=O) groups excluding carboxylic acids is 2. The van der Waals surface area contributed by atoms with Crippen LogP contribution in [-0.4, -0.2) is 58.0 Å². The highest BCUT2D eigenvalue weighted by atomic mass is 32.2. The summed E-state index contributed by atoms with van der Waals surface area (Å²) in [4.78, 5) is 28.3. The van der Waals surface area contributed by atoms with Gasteiger partial charge >= 0.3 is 0 Å². The Bertz CT molecular complexity index is 1430. The number of anilines is 1. The molecule has 0 spiro atoms. The van der Waals surface area contributed by atoms with E-state index in [0.29, 0.717) is 17.7 Å². The fraction of sp³-hybridized carbons (Fsp3) is 0.333. The van der Waals surface area contributed by atoms with Gasteiger partial charge < -0.3 is 19.7 Å². The fourth-order valence-electron chi connectivity index (χ4n) is 4.06. The highest BCUT2D eigenvalue weighted by Crippen LogP contribution is 2.34. The zero-order valence-electron chi connectivity index (χ0n) is 23.8. The molecule has 11 heteroatoms. The van der Waals surface area contributed by atoms with Gasteiger partial charge in [-0.15, -0.1) is 0 Å². The summed E-state index contributed by atoms with van der Waals surface area (Å²) in [6, 6.07) is 16.7. The Balaban J connectivity index is 2.06. The molecular weight excluding hydrogens is 549 g/mol. The molecule has 0 bridgehead atoms. The normalized spacial score (nSPS) is 12.6. The van der Waals surface area contributed by atoms with Gasteiger partial charge in [0.15, 0.2) is 11.5 Å². The molecular formula is C30H36FN3O6S. The van der Waals surface area contributed by atoms with Crippen LogP contribution in [0.4, 0.5) is 10.1 Å². The Labute approximate surface area is 240 Å². The first-order valence-electron chi connectivity index (χ1n) is 13.2. The fourth-order valence-corrected chi connectivity index (χ4v) is 5.49. The third-order valence-corrected chi connectivity index (χ3v) is 8.49. The maximum Gasteiger partial charge on any atom is 0.264 e. The van der Waals surface area contributed by atoms with Gasteiger partial charge in [0.05, 0.1) is 24.8 Å². The first kappa shape index (κ1) is 31.4. The number of benzene rings is 3. The van der Waals surface area contributed by atoms with Crippen LogP contribution in [0.3, 0.4) is 0 Å². The van der Waals surface area contributed by atoms with Crippen molar-refractivity contribution in [3.8, 4) is 11.5 Å². The van der Waals surface area contributed by atoms with E-state index in [1.807, 2.05) is 13.8 Å². The van der Waals surface area contributed by atoms with E-state index in [1.54, 1.807) is 31.2 Å². The van der Waals surface area contributed by atoms with Crippen LogP contribution in [0.1, 0.15) is 32.8 Å². The van der Waals surface area contributed by atoms with Crippen molar-refractivity contribution in [2.75, 3.05) is 25.1 Å². The van der Waals surface area contributed by atoms with E-state index >= 15 is 0 Å². The van der Waals surface area contributed by atoms with E-state index in [0.717, 1.165) is 4.31 Å². The lowest BCUT2D eigenvalue weighted by Gasteiger charge is -2.32. The Morgan fingerprint density at radius 1 is 0.927 bits per heavy atom. The summed E-state index contributed by atoms with van der Waals surface area (Å²) in [5.41, 5.74) is 0.741. The molecule has 1 N–H and O–H groups in total. The van der Waals surface area contributed by atoms with Crippen molar-refractivity contribution in [2.45, 2.75) is 50.7 Å². The van der Waals surface area contributed by atoms with E-state index in [2.05, 4.69) is 5.32 Å². The minimum absolute atomic E-state index is 0.0183. The molecule has 41 heavy (non-hydrogen) atoms. The van der Waals surface area contributed by atoms with E-state index in [9.17, 15) is 22.4 Å². The summed E-state index contributed by atoms with van der Waals surface area (Å²) in [6.07, 6.45) is 0.687. The summed E-state index contributed by atoms with van der Waals surface area (Å²) in [5, 5.41) is 2.87. The molecule has 0 heterocycles. The van der Waals surface area contributed by atoms with Crippen LogP contribution < -0.4 is 19.1 Å². The number of rotatable bonds is 13. The van der Waals surface area contributed by atoms with E-state index < -0.39 is 40.2 Å². The van der Waals surface area contributed by atoms with E-state index in [-0.39, 0.29) is 28.9 Å². The number of ether oxygens (including phenoxy) is 2. The lowest BCUT2D eigenvalue weighted by molar-refractivity contribution is -0.139. The molecule has 3 rings (SSSR count). The molecule has 3 aromatic carbocycles. The average molecular weight is 586 g/mol. The molecule has 0 aliphatic heterocycles. The van der Waals surface area contributed by atoms with Gasteiger partial charge in [0.25, 0.3) is 10.0 Å². The van der Waals surface area contributed by atoms with Crippen molar-refractivity contribution in [2.24, 2.45) is 0 Å². The second-order valence-corrected chi connectivity index (χ2v) is 11.4. The van der Waals surface area contributed by atoms with Crippen LogP contribution >= 0.6 is 0 Å². The predicted octanol–water partition coefficient (Wildman–Crippen LogP) is 4.37. The third kappa shape index (κ3) is 7.75. The van der Waals surface area contributed by atoms with Crippen LogP contribution in [-0.2, 0) is 26.2 Å². The standard InChI is InChI=1S/C30H36FN3O6S/c1-6-21(2)32-30(36)22(3)33(19-23-12-14-24(31)15-13-23)29(35)20-34(41(37,38)26-10-8-7-9-11-26)25-16-17-27(39-4)28(18-25)40-5/h7-18,21-22H,6,19-20H2,1-5H3,(H,32,36)/t21-,22+/m1/s1. The Hall–Kier alpha value is -4.12. The molecule has 0 saturated heterocycles. The molecule has 3 aromatic rings. The first-order chi connectivity index (χ1) is 19.5. The number of carbonyl (C=O) groups is 2. The topological polar surface area (TPSA) is 105 Å². The van der Waals surface area contributed by atoms with Crippen molar-refractivity contribution in [1.82, 2.24) is 10.2 Å². The summed E-state index contributed by atoms with van der Waals surface area (Å²) in [5.74, 6) is -0.806. The highest BCUT2D eigenvalue weighted by molar-refractivity contribution is 7.92. The zero-order chi connectivity index (χ0) is 30.2. The van der Waals surface area contributed by atoms with Gasteiger partial charge in [0.1, 0.15) is 18.4 Å². The molecule has 0 saturated carbocycles. The lowest BCUT2D eigenvalue weighted by atomic mass is 10.1. The van der Waals surface area contributed by atoms with Crippen LogP contribution in [0, 0.1) is 5.82 Å². The van der Waals surface area contributed by atoms with Crippen LogP contribution in [0.2, 0.25) is 0 Å². The quantitative estimate of drug-likeness (QED) is 0.320. The minimum atomic E-state index is -4.24. The molecule has 0 radical (unpaired) electrons. The number of hydrogen-bond donors (Lipinski definition) is 1. The second-order valence-electron chi connectivity index (χ2n) is 9.51. The van der Waals surface area contributed by atoms with Gasteiger partial charge in [-0.05, 0) is 62.2 Å². The van der Waals surface area contributed by atoms with Gasteiger partial charge in [-0.25, -0.2) is 12.8 Å². The van der Waals surface area contributed by atoms with Crippen LogP contribution in [0.5, 0.6) is 11.5 Å². The number of amides is 2. The van der Waals surface area contributed by atoms with Gasteiger partial charge in [-0.3, -0.25) is 13.9 Å². The van der Waals surface area contributed by atoms with Gasteiger partial charge in [-0.2, -0.15) is 0 Å². The molecule has 9 nitrogen and oxygen atoms in total. The summed E-state index contributed by atoms with van der Waals surface area (Å²) < 4.78 is 53.0. The molecule has 0 fully saturated rings. The lowest BCUT2D eigenvalue weighted by Crippen LogP contribution is -2.52. The summed E-state index contributed by atoms with van der Waals surface area (Å²) in [6.45, 7) is 4.69. The molecule has 0 unspecified atom stereocenters. The average Bonchev–Trinajstić information content (AvgIpc) is 2.98. The largest absolute Gasteiger partial charge is 0.493 e. The SMILES string of the molecule is CC[C@@H](C)NC(=O)[C@H](C)N(Cc1ccc(F)cc1)C(=O)CN(c1ccc(OC)c(OC)c1)S(=O)(=O)c1ccccc1. The second kappa shape index (κ2) is 14.0. The monoisotopic (exact) mass is 585 g/mol. The van der Waals surface area contributed by atoms with Crippen LogP contribution in [0.25, 0.3) is 0 Å². The predicted molar refractivity (Wildman–Crippen MR) is 155 cm³/mol. The molecule has 220 valence electrons. The third-order valence-electron chi connectivity index (χ3n) is 6.70. The number of nitrogens with one attached hydrogen (secondary N) is 1. The summed E-state index contributed by atoms with van der Waals surface area (Å²) >= 11 is 0. The van der Waals surface area contributed by atoms with Gasteiger partial charge in [-0.1, -0.05) is 37.3 Å². The van der Waals surface area contributed by atoms with Gasteiger partial charge in [0, 0.05) is 18.7 Å². The van der Waals surface area contributed by atoms with Crippen LogP contribution in [0.15, 0.2) is 77.7 Å². The van der Waals surface area contributed by atoms with Crippen molar-refractivity contribution in [1.29, 1.82) is 0 Å². The minimum Gasteiger partial charge on any atom is -0.493 e. The molecule has 0 aromatic heterocycles. The Morgan fingerprint density at radius 2 is 1.56 bits per heavy atom. The first-order valence-corrected chi connectivity index (χ1v) is 14.6. The number of sulfonamides is 1. The van der Waals surface area contributed by atoms with E-state index in [4.69, 9.17) is 9.47 Å². The Kier molecular flexibility index (Phi) is 10.7. The number of halogens is 1. The maximum absolute atomic E-state index is 14.0. The molecule has 0 aliphatic carbocycles. The maximum atomic E-state index is 14.0. The number of methoxy groups -OCH3 is 2. The number of hydrogen-bond acceptors (Lipinski definition) is 6. The molecule has 0 aliphatic rings. The Morgan fingerprint density at radius 3 is 2.15 bits per heavy atom. The van der Waals surface area contributed by atoms with Crippen molar-refractivity contribution >= 4 is 27.5 Å². The van der Waals surface area contributed by atoms with Gasteiger partial charge in [0.2, 0.25) is 11.8 Å². The molecule has 2 atom stereocenters. The van der Waals surface area contributed by atoms with Crippen molar-refractivity contribution < 1.29 is 31.9 Å². The number of nitrogens with zero attached hydrogens (tertiary/aromatic N) is 2. The highest BCUT2D eigenvalue weighted by Gasteiger charge is 2.33. The van der Waals surface area contributed by atoms with Crippen molar-refractivity contribution in [3.05, 3.63) is 84.2 Å². The smallest absolute Gasteiger partial charge is 0.264 e.